The first-order valence-electron chi connectivity index (χ1n) is 6.19. The van der Waals surface area contributed by atoms with E-state index in [9.17, 15) is 4.39 Å². The largest absolute Gasteiger partial charge is 0.353 e. The monoisotopic (exact) mass is 246 g/mol. The molecule has 94 valence electrons. The number of H-pyrrole nitrogens is 1. The van der Waals surface area contributed by atoms with Gasteiger partial charge in [-0.3, -0.25) is 0 Å². The van der Waals surface area contributed by atoms with E-state index in [4.69, 9.17) is 0 Å². The van der Waals surface area contributed by atoms with Crippen LogP contribution in [0.2, 0.25) is 0 Å². The third kappa shape index (κ3) is 2.08. The molecule has 4 nitrogen and oxygen atoms in total. The first-order valence-corrected chi connectivity index (χ1v) is 6.19. The van der Waals surface area contributed by atoms with Crippen molar-refractivity contribution in [1.29, 1.82) is 0 Å². The molecular weight excluding hydrogens is 231 g/mol. The average Bonchev–Trinajstić information content (AvgIpc) is 2.93. The topological polar surface area (TPSA) is 44.8 Å². The number of aromatic amines is 1. The molecule has 1 atom stereocenters. The van der Waals surface area contributed by atoms with Crippen molar-refractivity contribution < 1.29 is 4.39 Å². The fourth-order valence-corrected chi connectivity index (χ4v) is 2.50. The minimum absolute atomic E-state index is 0.252. The van der Waals surface area contributed by atoms with E-state index in [0.29, 0.717) is 11.7 Å². The summed E-state index contributed by atoms with van der Waals surface area (Å²) in [6.07, 6.45) is 7.33. The number of piperidine rings is 1. The number of imidazole rings is 1. The number of aromatic nitrogens is 3. The maximum Gasteiger partial charge on any atom is 0.165 e. The summed E-state index contributed by atoms with van der Waals surface area (Å²) in [6.45, 7) is 1.62. The second-order valence-electron chi connectivity index (χ2n) is 4.57. The number of pyridine rings is 1. The summed E-state index contributed by atoms with van der Waals surface area (Å²) in [5, 5.41) is 0. The van der Waals surface area contributed by atoms with Crippen LogP contribution in [0.3, 0.4) is 0 Å². The highest BCUT2D eigenvalue weighted by atomic mass is 19.1. The van der Waals surface area contributed by atoms with Crippen LogP contribution in [0.25, 0.3) is 0 Å². The van der Waals surface area contributed by atoms with E-state index in [0.717, 1.165) is 31.8 Å². The Hall–Kier alpha value is -1.91. The van der Waals surface area contributed by atoms with Crippen LogP contribution < -0.4 is 4.90 Å². The van der Waals surface area contributed by atoms with Crippen LogP contribution in [0.1, 0.15) is 24.6 Å². The number of nitrogens with one attached hydrogen (secondary N) is 1. The molecule has 0 spiro atoms. The van der Waals surface area contributed by atoms with Crippen LogP contribution in [0, 0.1) is 5.82 Å². The van der Waals surface area contributed by atoms with E-state index in [-0.39, 0.29) is 5.82 Å². The summed E-state index contributed by atoms with van der Waals surface area (Å²) < 4.78 is 13.7. The third-order valence-corrected chi connectivity index (χ3v) is 3.37. The SMILES string of the molecule is Fc1cccnc1N1CCCC(c2ncc[nH]2)C1. The Balaban J connectivity index is 1.81. The molecule has 0 bridgehead atoms. The van der Waals surface area contributed by atoms with Gasteiger partial charge in [0.1, 0.15) is 5.82 Å². The zero-order valence-electron chi connectivity index (χ0n) is 10.0. The van der Waals surface area contributed by atoms with Crippen molar-refractivity contribution in [3.63, 3.8) is 0 Å². The standard InChI is InChI=1S/C13H15FN4/c14-11-4-1-5-17-13(11)18-8-2-3-10(9-18)12-15-6-7-16-12/h1,4-7,10H,2-3,8-9H2,(H,15,16). The number of rotatable bonds is 2. The van der Waals surface area contributed by atoms with E-state index in [1.165, 1.54) is 6.07 Å². The maximum absolute atomic E-state index is 13.7. The van der Waals surface area contributed by atoms with Crippen molar-refractivity contribution in [2.24, 2.45) is 0 Å². The van der Waals surface area contributed by atoms with Crippen molar-refractivity contribution in [2.45, 2.75) is 18.8 Å². The first kappa shape index (κ1) is 11.2. The van der Waals surface area contributed by atoms with Crippen LogP contribution >= 0.6 is 0 Å². The number of halogens is 1. The number of hydrogen-bond acceptors (Lipinski definition) is 3. The van der Waals surface area contributed by atoms with Crippen molar-refractivity contribution in [3.8, 4) is 0 Å². The van der Waals surface area contributed by atoms with Crippen molar-refractivity contribution in [1.82, 2.24) is 15.0 Å². The molecule has 1 fully saturated rings. The lowest BCUT2D eigenvalue weighted by atomic mass is 9.97. The van der Waals surface area contributed by atoms with Gasteiger partial charge in [0.2, 0.25) is 0 Å². The Kier molecular flexibility index (Phi) is 2.96. The van der Waals surface area contributed by atoms with Crippen molar-refractivity contribution >= 4 is 5.82 Å². The van der Waals surface area contributed by atoms with Gasteiger partial charge < -0.3 is 9.88 Å². The van der Waals surface area contributed by atoms with Crippen LogP contribution in [-0.4, -0.2) is 28.0 Å². The molecule has 0 aliphatic carbocycles. The fourth-order valence-electron chi connectivity index (χ4n) is 2.50. The van der Waals surface area contributed by atoms with E-state index in [1.807, 2.05) is 11.1 Å². The number of nitrogens with zero attached hydrogens (tertiary/aromatic N) is 3. The van der Waals surface area contributed by atoms with Gasteiger partial charge in [-0.1, -0.05) is 0 Å². The average molecular weight is 246 g/mol. The molecule has 1 aliphatic rings. The third-order valence-electron chi connectivity index (χ3n) is 3.37. The molecule has 5 heteroatoms. The number of hydrogen-bond donors (Lipinski definition) is 1. The minimum atomic E-state index is -0.252. The Morgan fingerprint density at radius 2 is 2.28 bits per heavy atom. The highest BCUT2D eigenvalue weighted by Gasteiger charge is 2.25. The molecular formula is C13H15FN4. The van der Waals surface area contributed by atoms with Crippen LogP contribution in [0.5, 0.6) is 0 Å². The van der Waals surface area contributed by atoms with Crippen LogP contribution in [0.15, 0.2) is 30.7 Å². The Morgan fingerprint density at radius 1 is 1.33 bits per heavy atom. The van der Waals surface area contributed by atoms with E-state index >= 15 is 0 Å². The molecule has 2 aromatic rings. The smallest absolute Gasteiger partial charge is 0.165 e. The summed E-state index contributed by atoms with van der Waals surface area (Å²) in [5.74, 6) is 1.51. The first-order chi connectivity index (χ1) is 8.84. The quantitative estimate of drug-likeness (QED) is 0.884. The molecule has 3 heterocycles. The molecule has 0 amide bonds. The van der Waals surface area contributed by atoms with Crippen LogP contribution in [-0.2, 0) is 0 Å². The second-order valence-corrected chi connectivity index (χ2v) is 4.57. The molecule has 3 rings (SSSR count). The summed E-state index contributed by atoms with van der Waals surface area (Å²) in [4.78, 5) is 13.6. The van der Waals surface area contributed by atoms with E-state index in [2.05, 4.69) is 15.0 Å². The molecule has 18 heavy (non-hydrogen) atoms. The molecule has 1 saturated heterocycles. The predicted molar refractivity (Wildman–Crippen MR) is 67.0 cm³/mol. The van der Waals surface area contributed by atoms with Crippen molar-refractivity contribution in [3.05, 3.63) is 42.4 Å². The molecule has 1 unspecified atom stereocenters. The molecule has 0 radical (unpaired) electrons. The van der Waals surface area contributed by atoms with Gasteiger partial charge >= 0.3 is 0 Å². The van der Waals surface area contributed by atoms with Gasteiger partial charge in [-0.25, -0.2) is 14.4 Å². The zero-order valence-corrected chi connectivity index (χ0v) is 10.0. The van der Waals surface area contributed by atoms with Gasteiger partial charge in [0.25, 0.3) is 0 Å². The normalized spacial score (nSPS) is 20.1. The predicted octanol–water partition coefficient (Wildman–Crippen LogP) is 2.33. The second kappa shape index (κ2) is 4.76. The fraction of sp³-hybridized carbons (Fsp3) is 0.385. The molecule has 1 N–H and O–H groups in total. The lowest BCUT2D eigenvalue weighted by molar-refractivity contribution is 0.483. The molecule has 1 aliphatic heterocycles. The summed E-state index contributed by atoms with van der Waals surface area (Å²) in [5.41, 5.74) is 0. The highest BCUT2D eigenvalue weighted by molar-refractivity contribution is 5.40. The minimum Gasteiger partial charge on any atom is -0.353 e. The van der Waals surface area contributed by atoms with E-state index in [1.54, 1.807) is 18.5 Å². The molecule has 0 aromatic carbocycles. The van der Waals surface area contributed by atoms with Crippen molar-refractivity contribution in [2.75, 3.05) is 18.0 Å². The molecule has 2 aromatic heterocycles. The lowest BCUT2D eigenvalue weighted by Gasteiger charge is -2.32. The number of anilines is 1. The van der Waals surface area contributed by atoms with Crippen LogP contribution in [0.4, 0.5) is 10.2 Å². The van der Waals surface area contributed by atoms with Gasteiger partial charge in [-0.15, -0.1) is 0 Å². The van der Waals surface area contributed by atoms with Gasteiger partial charge in [0.05, 0.1) is 0 Å². The highest BCUT2D eigenvalue weighted by Crippen LogP contribution is 2.28. The van der Waals surface area contributed by atoms with Gasteiger partial charge in [-0.2, -0.15) is 0 Å². The van der Waals surface area contributed by atoms with Gasteiger partial charge in [-0.05, 0) is 25.0 Å². The van der Waals surface area contributed by atoms with E-state index < -0.39 is 0 Å². The Morgan fingerprint density at radius 3 is 3.06 bits per heavy atom. The summed E-state index contributed by atoms with van der Waals surface area (Å²) >= 11 is 0. The summed E-state index contributed by atoms with van der Waals surface area (Å²) in [6, 6.07) is 3.08. The van der Waals surface area contributed by atoms with Gasteiger partial charge in [0.15, 0.2) is 11.6 Å². The maximum atomic E-state index is 13.7. The zero-order chi connectivity index (χ0) is 12.4. The van der Waals surface area contributed by atoms with Gasteiger partial charge in [0, 0.05) is 37.6 Å². The Bertz CT molecular complexity index is 511. The lowest BCUT2D eigenvalue weighted by Crippen LogP contribution is -2.35. The summed E-state index contributed by atoms with van der Waals surface area (Å²) in [7, 11) is 0. The Labute approximate surface area is 105 Å². The molecule has 0 saturated carbocycles.